The van der Waals surface area contributed by atoms with E-state index in [9.17, 15) is 0 Å². The summed E-state index contributed by atoms with van der Waals surface area (Å²) in [5.41, 5.74) is 0.657. The fourth-order valence-electron chi connectivity index (χ4n) is 0.254. The predicted octanol–water partition coefficient (Wildman–Crippen LogP) is 0.579. The van der Waals surface area contributed by atoms with E-state index in [1.165, 1.54) is 0 Å². The molecule has 0 amide bonds. The molecular weight excluding hydrogens is 96.1 g/mol. The molecule has 0 bridgehead atoms. The molecule has 0 atom stereocenters. The fourth-order valence-corrected chi connectivity index (χ4v) is 0.955. The van der Waals surface area contributed by atoms with E-state index in [0.29, 0.717) is 5.54 Å². The summed E-state index contributed by atoms with van der Waals surface area (Å²) in [6.07, 6.45) is 0. The maximum atomic E-state index is 4.61. The van der Waals surface area contributed by atoms with Gasteiger partial charge in [0.15, 0.2) is 0 Å². The summed E-state index contributed by atoms with van der Waals surface area (Å²) in [5.74, 6) is 0. The van der Waals surface area contributed by atoms with Gasteiger partial charge in [-0.3, -0.25) is 9.15 Å². The number of hydrogen-bond acceptors (Lipinski definition) is 2. The Hall–Kier alpha value is 0.137. The quantitative estimate of drug-likeness (QED) is 0.276. The first-order valence-corrected chi connectivity index (χ1v) is 3.74. The van der Waals surface area contributed by atoms with E-state index in [2.05, 4.69) is 23.0 Å². The Kier molecular flexibility index (Phi) is 0.952. The maximum absolute atomic E-state index is 4.61. The van der Waals surface area contributed by atoms with Crippen LogP contribution in [0.1, 0.15) is 13.8 Å². The van der Waals surface area contributed by atoms with Crippen molar-refractivity contribution >= 4 is 9.28 Å². The van der Waals surface area contributed by atoms with Crippen LogP contribution in [0.4, 0.5) is 0 Å². The van der Waals surface area contributed by atoms with E-state index < -0.39 is 9.28 Å². The molecule has 1 saturated heterocycles. The van der Waals surface area contributed by atoms with Crippen LogP contribution in [0, 0.1) is 0 Å². The minimum Gasteiger partial charge on any atom is -0.261 e. The molecule has 0 spiro atoms. The number of hydrogen-bond donors (Lipinski definition) is 0. The van der Waals surface area contributed by atoms with Crippen LogP contribution in [0.2, 0.25) is 5.54 Å². The third-order valence-corrected chi connectivity index (χ3v) is 2.26. The second kappa shape index (κ2) is 1.33. The second-order valence-corrected chi connectivity index (χ2v) is 4.26. The largest absolute Gasteiger partial charge is 0.395 e. The van der Waals surface area contributed by atoms with Crippen LogP contribution in [-0.2, 0) is 9.15 Å². The van der Waals surface area contributed by atoms with Crippen molar-refractivity contribution in [1.29, 1.82) is 0 Å². The zero-order valence-corrected chi connectivity index (χ0v) is 5.13. The summed E-state index contributed by atoms with van der Waals surface area (Å²) in [6, 6.07) is 0. The first kappa shape index (κ1) is 4.30. The zero-order chi connectivity index (χ0) is 4.57. The highest BCUT2D eigenvalue weighted by Crippen LogP contribution is 2.20. The Bertz CT molecular complexity index is 50.8. The molecule has 1 heterocycles. The molecule has 0 aromatic carbocycles. The third kappa shape index (κ3) is 0.799. The lowest BCUT2D eigenvalue weighted by Crippen LogP contribution is -1.93. The van der Waals surface area contributed by atoms with Gasteiger partial charge in [-0.2, -0.15) is 0 Å². The van der Waals surface area contributed by atoms with E-state index in [-0.39, 0.29) is 0 Å². The van der Waals surface area contributed by atoms with Crippen molar-refractivity contribution in [1.82, 2.24) is 0 Å². The molecule has 3 heteroatoms. The molecule has 1 aliphatic rings. The summed E-state index contributed by atoms with van der Waals surface area (Å²) in [7, 11) is -0.994. The van der Waals surface area contributed by atoms with Gasteiger partial charge in [0.2, 0.25) is 0 Å². The molecule has 0 N–H and O–H groups in total. The van der Waals surface area contributed by atoms with E-state index in [1.54, 1.807) is 0 Å². The maximum Gasteiger partial charge on any atom is 0.395 e. The van der Waals surface area contributed by atoms with Crippen molar-refractivity contribution in [3.05, 3.63) is 0 Å². The molecule has 0 radical (unpaired) electrons. The normalized spacial score (nSPS) is 22.5. The standard InChI is InChI=1S/C3H8O2Si/c1-3(2)6-4-5-6/h3,6H,1-2H3. The van der Waals surface area contributed by atoms with Crippen LogP contribution < -0.4 is 0 Å². The smallest absolute Gasteiger partial charge is 0.261 e. The van der Waals surface area contributed by atoms with Gasteiger partial charge in [0, 0.05) is 0 Å². The minimum atomic E-state index is -0.994. The molecule has 0 aromatic rings. The van der Waals surface area contributed by atoms with Crippen molar-refractivity contribution < 1.29 is 9.15 Å². The van der Waals surface area contributed by atoms with Crippen molar-refractivity contribution in [2.75, 3.05) is 0 Å². The molecule has 0 aromatic heterocycles. The first-order chi connectivity index (χ1) is 2.80. The molecule has 1 aliphatic heterocycles. The van der Waals surface area contributed by atoms with Crippen molar-refractivity contribution in [2.24, 2.45) is 0 Å². The summed E-state index contributed by atoms with van der Waals surface area (Å²) in [6.45, 7) is 4.23. The van der Waals surface area contributed by atoms with Crippen LogP contribution in [0.5, 0.6) is 0 Å². The van der Waals surface area contributed by atoms with Gasteiger partial charge in [-0.15, -0.1) is 0 Å². The van der Waals surface area contributed by atoms with Crippen molar-refractivity contribution in [2.45, 2.75) is 19.4 Å². The van der Waals surface area contributed by atoms with Crippen molar-refractivity contribution in [3.63, 3.8) is 0 Å². The van der Waals surface area contributed by atoms with Gasteiger partial charge in [0.1, 0.15) is 0 Å². The zero-order valence-electron chi connectivity index (χ0n) is 3.97. The highest BCUT2D eigenvalue weighted by atomic mass is 28.3. The molecule has 6 heavy (non-hydrogen) atoms. The summed E-state index contributed by atoms with van der Waals surface area (Å²) in [4.78, 5) is 0. The predicted molar refractivity (Wildman–Crippen MR) is 24.4 cm³/mol. The molecule has 1 rings (SSSR count). The van der Waals surface area contributed by atoms with E-state index >= 15 is 0 Å². The Morgan fingerprint density at radius 2 is 1.83 bits per heavy atom. The Labute approximate surface area is 38.8 Å². The summed E-state index contributed by atoms with van der Waals surface area (Å²) in [5, 5.41) is 0. The molecule has 1 fully saturated rings. The Morgan fingerprint density at radius 1 is 1.33 bits per heavy atom. The van der Waals surface area contributed by atoms with Crippen LogP contribution >= 0.6 is 0 Å². The Morgan fingerprint density at radius 3 is 1.83 bits per heavy atom. The highest BCUT2D eigenvalue weighted by molar-refractivity contribution is 6.51. The summed E-state index contributed by atoms with van der Waals surface area (Å²) < 4.78 is 9.22. The average molecular weight is 104 g/mol. The van der Waals surface area contributed by atoms with Crippen LogP contribution in [0.15, 0.2) is 0 Å². The highest BCUT2D eigenvalue weighted by Gasteiger charge is 2.33. The molecule has 0 aliphatic carbocycles. The van der Waals surface area contributed by atoms with E-state index in [4.69, 9.17) is 0 Å². The topological polar surface area (TPSA) is 25.1 Å². The van der Waals surface area contributed by atoms with Gasteiger partial charge in [0.25, 0.3) is 0 Å². The summed E-state index contributed by atoms with van der Waals surface area (Å²) >= 11 is 0. The van der Waals surface area contributed by atoms with Crippen LogP contribution in [-0.4, -0.2) is 9.28 Å². The minimum absolute atomic E-state index is 0.657. The average Bonchev–Trinajstić information content (AvgIpc) is 2.06. The molecule has 0 unspecified atom stereocenters. The van der Waals surface area contributed by atoms with Gasteiger partial charge in [-0.25, -0.2) is 0 Å². The van der Waals surface area contributed by atoms with Gasteiger partial charge in [0.05, 0.1) is 0 Å². The van der Waals surface area contributed by atoms with E-state index in [0.717, 1.165) is 0 Å². The van der Waals surface area contributed by atoms with Gasteiger partial charge in [-0.05, 0) is 5.54 Å². The van der Waals surface area contributed by atoms with Gasteiger partial charge >= 0.3 is 9.28 Å². The third-order valence-electron chi connectivity index (χ3n) is 0.752. The lowest BCUT2D eigenvalue weighted by atomic mass is 10.6. The van der Waals surface area contributed by atoms with Crippen molar-refractivity contribution in [3.8, 4) is 0 Å². The monoisotopic (exact) mass is 104 g/mol. The molecule has 0 saturated carbocycles. The lowest BCUT2D eigenvalue weighted by Gasteiger charge is -1.83. The molecule has 2 nitrogen and oxygen atoms in total. The van der Waals surface area contributed by atoms with Gasteiger partial charge in [-0.1, -0.05) is 13.8 Å². The van der Waals surface area contributed by atoms with Crippen LogP contribution in [0.3, 0.4) is 0 Å². The van der Waals surface area contributed by atoms with Crippen LogP contribution in [0.25, 0.3) is 0 Å². The second-order valence-electron chi connectivity index (χ2n) is 1.80. The molecular formula is C3H8O2Si. The first-order valence-electron chi connectivity index (χ1n) is 2.13. The Balaban J connectivity index is 2.13. The number of rotatable bonds is 1. The van der Waals surface area contributed by atoms with E-state index in [1.807, 2.05) is 0 Å². The lowest BCUT2D eigenvalue weighted by molar-refractivity contribution is 0.0850. The SMILES string of the molecule is CC(C)[SiH]1OO1. The molecule has 36 valence electrons. The fraction of sp³-hybridized carbons (Fsp3) is 1.00. The van der Waals surface area contributed by atoms with Gasteiger partial charge < -0.3 is 0 Å².